The van der Waals surface area contributed by atoms with Gasteiger partial charge in [0, 0.05) is 35.3 Å². The minimum atomic E-state index is -3.02. The van der Waals surface area contributed by atoms with Crippen LogP contribution in [0, 0.1) is 11.2 Å². The Morgan fingerprint density at radius 2 is 1.68 bits per heavy atom. The molecule has 2 bridgehead atoms. The van der Waals surface area contributed by atoms with Crippen molar-refractivity contribution in [1.82, 2.24) is 15.1 Å². The Balaban J connectivity index is 1.19. The highest BCUT2D eigenvalue weighted by atomic mass is 19.3. The third kappa shape index (κ3) is 6.92. The zero-order valence-corrected chi connectivity index (χ0v) is 26.1. The summed E-state index contributed by atoms with van der Waals surface area (Å²) in [5.74, 6) is -3.23. The zero-order valence-electron chi connectivity index (χ0n) is 26.1. The van der Waals surface area contributed by atoms with E-state index in [0.717, 1.165) is 6.20 Å². The molecule has 8 nitrogen and oxygen atoms in total. The van der Waals surface area contributed by atoms with Crippen molar-refractivity contribution in [1.29, 1.82) is 0 Å². The summed E-state index contributed by atoms with van der Waals surface area (Å²) in [6, 6.07) is 5.98. The highest BCUT2D eigenvalue weighted by molar-refractivity contribution is 5.88. The molecular formula is C33H36F6N4O4. The van der Waals surface area contributed by atoms with Crippen LogP contribution in [0.25, 0.3) is 11.1 Å². The van der Waals surface area contributed by atoms with Crippen molar-refractivity contribution in [2.24, 2.45) is 5.41 Å². The number of rotatable bonds is 9. The van der Waals surface area contributed by atoms with E-state index in [1.807, 2.05) is 0 Å². The van der Waals surface area contributed by atoms with Crippen LogP contribution in [-0.4, -0.2) is 46.4 Å². The first-order valence-electron chi connectivity index (χ1n) is 15.8. The normalized spacial score (nSPS) is 24.4. The van der Waals surface area contributed by atoms with Crippen LogP contribution in [0.15, 0.2) is 41.1 Å². The first-order valence-corrected chi connectivity index (χ1v) is 15.8. The smallest absolute Gasteiger partial charge is 0.415 e. The third-order valence-electron chi connectivity index (χ3n) is 10.0. The standard InChI is InChI=1S/C33H36F6N4O4/c1-30(2,37)27-41-26(42-47-27)32-14-11-31(12-15-32,13-16-32)19-45-29(44)43(21-7-9-33(38,39)10-8-21)25-17-23(24(34)18-40-25)20-3-5-22(6-4-20)46-28(35)36/h3-6,17-18,21,28H,7-16,19H2,1-2H3. The Labute approximate surface area is 267 Å². The summed E-state index contributed by atoms with van der Waals surface area (Å²) in [6.07, 6.45) is 3.56. The van der Waals surface area contributed by atoms with Gasteiger partial charge in [0.05, 0.1) is 12.8 Å². The number of carbonyl (C=O) groups excluding carboxylic acids is 1. The lowest BCUT2D eigenvalue weighted by molar-refractivity contribution is -0.0498. The molecule has 7 rings (SSSR count). The van der Waals surface area contributed by atoms with Gasteiger partial charge >= 0.3 is 12.7 Å². The molecule has 0 N–H and O–H groups in total. The number of alkyl halides is 5. The molecule has 2 aromatic heterocycles. The molecule has 4 aliphatic rings. The highest BCUT2D eigenvalue weighted by Gasteiger charge is 2.53. The summed E-state index contributed by atoms with van der Waals surface area (Å²) in [5, 5.41) is 4.10. The lowest BCUT2D eigenvalue weighted by atomic mass is 9.53. The first kappa shape index (κ1) is 33.1. The minimum absolute atomic E-state index is 0.00775. The number of ether oxygens (including phenoxy) is 2. The molecule has 4 saturated carbocycles. The number of nitrogens with zero attached hydrogens (tertiary/aromatic N) is 4. The zero-order chi connectivity index (χ0) is 33.6. The topological polar surface area (TPSA) is 90.6 Å². The molecule has 0 spiro atoms. The van der Waals surface area contributed by atoms with E-state index >= 15 is 0 Å². The number of amides is 1. The van der Waals surface area contributed by atoms with Crippen molar-refractivity contribution < 1.29 is 45.1 Å². The Hall–Kier alpha value is -3.84. The summed E-state index contributed by atoms with van der Waals surface area (Å²) in [5.41, 5.74) is -2.05. The quantitative estimate of drug-likeness (QED) is 0.211. The van der Waals surface area contributed by atoms with Crippen LogP contribution in [-0.2, 0) is 15.8 Å². The Bertz CT molecular complexity index is 1560. The van der Waals surface area contributed by atoms with Crippen LogP contribution < -0.4 is 9.64 Å². The molecule has 0 aliphatic heterocycles. The van der Waals surface area contributed by atoms with Gasteiger partial charge in [-0.15, -0.1) is 0 Å². The molecule has 0 saturated heterocycles. The average molecular weight is 667 g/mol. The molecule has 3 aromatic rings. The first-order chi connectivity index (χ1) is 22.2. The van der Waals surface area contributed by atoms with Gasteiger partial charge < -0.3 is 14.0 Å². The number of hydrogen-bond donors (Lipinski definition) is 0. The van der Waals surface area contributed by atoms with Crippen LogP contribution in [0.3, 0.4) is 0 Å². The monoisotopic (exact) mass is 666 g/mol. The van der Waals surface area contributed by atoms with Gasteiger partial charge in [0.15, 0.2) is 11.5 Å². The van der Waals surface area contributed by atoms with E-state index in [1.165, 1.54) is 49.1 Å². The number of halogens is 6. The second-order valence-corrected chi connectivity index (χ2v) is 13.6. The summed E-state index contributed by atoms with van der Waals surface area (Å²) < 4.78 is 98.3. The van der Waals surface area contributed by atoms with Gasteiger partial charge in [-0.2, -0.15) is 13.8 Å². The van der Waals surface area contributed by atoms with Crippen molar-refractivity contribution in [3.8, 4) is 16.9 Å². The van der Waals surface area contributed by atoms with Gasteiger partial charge in [-0.1, -0.05) is 17.3 Å². The molecule has 0 radical (unpaired) electrons. The van der Waals surface area contributed by atoms with Gasteiger partial charge in [-0.3, -0.25) is 4.90 Å². The number of pyridine rings is 1. The van der Waals surface area contributed by atoms with Gasteiger partial charge in [0.25, 0.3) is 5.89 Å². The van der Waals surface area contributed by atoms with Gasteiger partial charge in [-0.05, 0) is 89.0 Å². The summed E-state index contributed by atoms with van der Waals surface area (Å²) in [4.78, 5) is 23.6. The maximum atomic E-state index is 15.0. The van der Waals surface area contributed by atoms with E-state index in [2.05, 4.69) is 19.9 Å². The number of anilines is 1. The maximum absolute atomic E-state index is 15.0. The van der Waals surface area contributed by atoms with Crippen LogP contribution in [0.1, 0.15) is 89.8 Å². The highest BCUT2D eigenvalue weighted by Crippen LogP contribution is 2.57. The average Bonchev–Trinajstić information content (AvgIpc) is 3.56. The van der Waals surface area contributed by atoms with Crippen molar-refractivity contribution in [2.45, 2.75) is 108 Å². The summed E-state index contributed by atoms with van der Waals surface area (Å²) >= 11 is 0. The molecule has 0 atom stereocenters. The molecule has 0 unspecified atom stereocenters. The van der Waals surface area contributed by atoms with Crippen LogP contribution in [0.2, 0.25) is 0 Å². The van der Waals surface area contributed by atoms with E-state index in [1.54, 1.807) is 0 Å². The van der Waals surface area contributed by atoms with Gasteiger partial charge in [-0.25, -0.2) is 27.3 Å². The fourth-order valence-corrected chi connectivity index (χ4v) is 7.09. The number of hydrogen-bond acceptors (Lipinski definition) is 7. The predicted octanol–water partition coefficient (Wildman–Crippen LogP) is 8.89. The largest absolute Gasteiger partial charge is 0.449 e. The minimum Gasteiger partial charge on any atom is -0.449 e. The molecule has 1 aromatic carbocycles. The Morgan fingerprint density at radius 3 is 2.26 bits per heavy atom. The molecule has 2 heterocycles. The van der Waals surface area contributed by atoms with Crippen LogP contribution in [0.5, 0.6) is 5.75 Å². The Kier molecular flexibility index (Phi) is 8.67. The predicted molar refractivity (Wildman–Crippen MR) is 158 cm³/mol. The van der Waals surface area contributed by atoms with E-state index in [9.17, 15) is 31.1 Å². The van der Waals surface area contributed by atoms with E-state index in [0.29, 0.717) is 49.9 Å². The van der Waals surface area contributed by atoms with Gasteiger partial charge in [0.1, 0.15) is 17.4 Å². The van der Waals surface area contributed by atoms with E-state index < -0.39 is 49.0 Å². The van der Waals surface area contributed by atoms with E-state index in [4.69, 9.17) is 9.26 Å². The van der Waals surface area contributed by atoms with Crippen molar-refractivity contribution in [2.75, 3.05) is 11.5 Å². The van der Waals surface area contributed by atoms with Crippen LogP contribution in [0.4, 0.5) is 37.0 Å². The molecule has 14 heteroatoms. The summed E-state index contributed by atoms with van der Waals surface area (Å²) in [6.45, 7) is -0.209. The molecule has 47 heavy (non-hydrogen) atoms. The van der Waals surface area contributed by atoms with E-state index in [-0.39, 0.29) is 53.3 Å². The Morgan fingerprint density at radius 1 is 1.04 bits per heavy atom. The second-order valence-electron chi connectivity index (χ2n) is 13.6. The van der Waals surface area contributed by atoms with Crippen molar-refractivity contribution in [3.63, 3.8) is 0 Å². The SMILES string of the molecule is CC(C)(F)c1nc(C23CCC(COC(=O)N(c4cc(-c5ccc(OC(F)F)cc5)c(F)cn4)C4CCC(F)(F)CC4)(CC2)CC3)no1. The summed E-state index contributed by atoms with van der Waals surface area (Å²) in [7, 11) is 0. The fraction of sp³-hybridized carbons (Fsp3) is 0.576. The lowest BCUT2D eigenvalue weighted by Crippen LogP contribution is -2.49. The fourth-order valence-electron chi connectivity index (χ4n) is 7.09. The number of benzene rings is 1. The number of aromatic nitrogens is 3. The lowest BCUT2D eigenvalue weighted by Gasteiger charge is -2.51. The number of fused-ring (bicyclic) bond motifs is 3. The maximum Gasteiger partial charge on any atom is 0.415 e. The molecule has 4 fully saturated rings. The molecule has 254 valence electrons. The third-order valence-corrected chi connectivity index (χ3v) is 10.0. The van der Waals surface area contributed by atoms with Gasteiger partial charge in [0.2, 0.25) is 5.92 Å². The molecule has 1 amide bonds. The second kappa shape index (κ2) is 12.3. The number of carbonyl (C=O) groups is 1. The molecule has 4 aliphatic carbocycles. The van der Waals surface area contributed by atoms with Crippen LogP contribution >= 0.6 is 0 Å². The van der Waals surface area contributed by atoms with Crippen molar-refractivity contribution >= 4 is 11.9 Å². The molecular weight excluding hydrogens is 630 g/mol. The van der Waals surface area contributed by atoms with Crippen molar-refractivity contribution in [3.05, 3.63) is 54.1 Å².